The van der Waals surface area contributed by atoms with Gasteiger partial charge < -0.3 is 4.12 Å². The molecule has 0 aromatic carbocycles. The van der Waals surface area contributed by atoms with E-state index in [-0.39, 0.29) is 0 Å². The molecule has 0 rings (SSSR count). The van der Waals surface area contributed by atoms with Crippen LogP contribution in [0.3, 0.4) is 0 Å². The molecule has 0 aliphatic rings. The summed E-state index contributed by atoms with van der Waals surface area (Å²) < 4.78 is 6.09. The normalized spacial score (nSPS) is 15.2. The Bertz CT molecular complexity index is 124. The van der Waals surface area contributed by atoms with Gasteiger partial charge in [-0.05, 0) is 38.2 Å². The number of hydrogen-bond acceptors (Lipinski definition) is 1. The van der Waals surface area contributed by atoms with Crippen molar-refractivity contribution in [1.29, 1.82) is 0 Å². The summed E-state index contributed by atoms with van der Waals surface area (Å²) >= 11 is 0. The van der Waals surface area contributed by atoms with Gasteiger partial charge in [0.2, 0.25) is 0 Å². The third-order valence-electron chi connectivity index (χ3n) is 2.09. The molecular weight excluding hydrogens is 180 g/mol. The molecule has 1 atom stereocenters. The Balaban J connectivity index is 3.85. The molecule has 0 bridgehead atoms. The van der Waals surface area contributed by atoms with E-state index in [4.69, 9.17) is 4.12 Å². The Morgan fingerprint density at radius 3 is 2.17 bits per heavy atom. The van der Waals surface area contributed by atoms with Crippen LogP contribution in [0, 0.1) is 5.92 Å². The second-order valence-electron chi connectivity index (χ2n) is 4.64. The van der Waals surface area contributed by atoms with Crippen LogP contribution in [0.2, 0.25) is 32.2 Å². The summed E-state index contributed by atoms with van der Waals surface area (Å²) in [5.74, 6) is 0.847. The standard InChI is InChI=1S/C9H24OSi2/c1-7-9(2)8-12(5,6)10-11(3)4/h9,11H,7-8H2,1-6H3. The zero-order chi connectivity index (χ0) is 9.78. The minimum Gasteiger partial charge on any atom is -0.458 e. The maximum absolute atomic E-state index is 6.09. The third kappa shape index (κ3) is 5.97. The van der Waals surface area contributed by atoms with Crippen LogP contribution in [0.25, 0.3) is 0 Å². The topological polar surface area (TPSA) is 9.23 Å². The van der Waals surface area contributed by atoms with Gasteiger partial charge in [-0.2, -0.15) is 0 Å². The smallest absolute Gasteiger partial charge is 0.173 e. The van der Waals surface area contributed by atoms with Crippen molar-refractivity contribution in [3.8, 4) is 0 Å². The van der Waals surface area contributed by atoms with Gasteiger partial charge in [0.15, 0.2) is 17.4 Å². The van der Waals surface area contributed by atoms with Crippen LogP contribution in [0.5, 0.6) is 0 Å². The first-order valence-electron chi connectivity index (χ1n) is 5.05. The van der Waals surface area contributed by atoms with E-state index in [0.29, 0.717) is 0 Å². The van der Waals surface area contributed by atoms with Crippen LogP contribution in [0.15, 0.2) is 0 Å². The van der Waals surface area contributed by atoms with Gasteiger partial charge >= 0.3 is 0 Å². The van der Waals surface area contributed by atoms with Crippen molar-refractivity contribution in [1.82, 2.24) is 0 Å². The average Bonchev–Trinajstić information content (AvgIpc) is 1.83. The maximum atomic E-state index is 6.09. The van der Waals surface area contributed by atoms with Crippen molar-refractivity contribution in [3.05, 3.63) is 0 Å². The van der Waals surface area contributed by atoms with Gasteiger partial charge in [-0.1, -0.05) is 20.3 Å². The van der Waals surface area contributed by atoms with E-state index in [0.717, 1.165) is 5.92 Å². The van der Waals surface area contributed by atoms with Crippen molar-refractivity contribution in [3.63, 3.8) is 0 Å². The molecule has 0 aliphatic carbocycles. The quantitative estimate of drug-likeness (QED) is 0.625. The van der Waals surface area contributed by atoms with Crippen LogP contribution in [-0.4, -0.2) is 17.4 Å². The van der Waals surface area contributed by atoms with Gasteiger partial charge in [0, 0.05) is 0 Å². The lowest BCUT2D eigenvalue weighted by Crippen LogP contribution is -2.36. The summed E-state index contributed by atoms with van der Waals surface area (Å²) in [6.07, 6.45) is 1.29. The second-order valence-corrected chi connectivity index (χ2v) is 11.6. The van der Waals surface area contributed by atoms with Crippen LogP contribution >= 0.6 is 0 Å². The minimum absolute atomic E-state index is 0.804. The molecule has 0 aromatic heterocycles. The zero-order valence-electron chi connectivity index (χ0n) is 9.48. The number of hydrogen-bond donors (Lipinski definition) is 0. The fraction of sp³-hybridized carbons (Fsp3) is 1.00. The molecule has 3 heteroatoms. The molecule has 0 N–H and O–H groups in total. The third-order valence-corrected chi connectivity index (χ3v) is 8.21. The van der Waals surface area contributed by atoms with E-state index in [1.165, 1.54) is 12.5 Å². The fourth-order valence-corrected chi connectivity index (χ4v) is 9.13. The van der Waals surface area contributed by atoms with E-state index in [1.54, 1.807) is 0 Å². The Morgan fingerprint density at radius 2 is 1.83 bits per heavy atom. The van der Waals surface area contributed by atoms with Crippen molar-refractivity contribution in [2.75, 3.05) is 0 Å². The van der Waals surface area contributed by atoms with E-state index >= 15 is 0 Å². The molecule has 0 aliphatic heterocycles. The van der Waals surface area contributed by atoms with E-state index in [1.807, 2.05) is 0 Å². The second kappa shape index (κ2) is 5.19. The van der Waals surface area contributed by atoms with Gasteiger partial charge in [-0.25, -0.2) is 0 Å². The monoisotopic (exact) mass is 204 g/mol. The van der Waals surface area contributed by atoms with Crippen molar-refractivity contribution >= 4 is 17.4 Å². The summed E-state index contributed by atoms with van der Waals surface area (Å²) in [6.45, 7) is 13.8. The number of rotatable bonds is 5. The molecular formula is C9H24OSi2. The predicted molar refractivity (Wildman–Crippen MR) is 61.7 cm³/mol. The Kier molecular flexibility index (Phi) is 5.36. The molecule has 0 fully saturated rings. The summed E-state index contributed by atoms with van der Waals surface area (Å²) in [7, 11) is -2.09. The lowest BCUT2D eigenvalue weighted by atomic mass is 10.2. The highest BCUT2D eigenvalue weighted by molar-refractivity contribution is 6.77. The zero-order valence-corrected chi connectivity index (χ0v) is 11.6. The Morgan fingerprint density at radius 1 is 1.33 bits per heavy atom. The molecule has 1 unspecified atom stereocenters. The van der Waals surface area contributed by atoms with E-state index < -0.39 is 17.4 Å². The summed E-state index contributed by atoms with van der Waals surface area (Å²) in [6, 6.07) is 1.33. The first kappa shape index (κ1) is 12.4. The molecule has 1 nitrogen and oxygen atoms in total. The maximum Gasteiger partial charge on any atom is 0.173 e. The SMILES string of the molecule is CCC(C)C[Si](C)(C)O[SiH](C)C. The highest BCUT2D eigenvalue weighted by atomic mass is 28.4. The van der Waals surface area contributed by atoms with Gasteiger partial charge in [0.05, 0.1) is 0 Å². The molecule has 0 saturated carbocycles. The molecule has 0 spiro atoms. The lowest BCUT2D eigenvalue weighted by Gasteiger charge is -2.28. The first-order valence-corrected chi connectivity index (χ1v) is 10.9. The highest BCUT2D eigenvalue weighted by Crippen LogP contribution is 2.20. The van der Waals surface area contributed by atoms with Crippen LogP contribution in [0.4, 0.5) is 0 Å². The summed E-state index contributed by atoms with van der Waals surface area (Å²) in [5.41, 5.74) is 0. The Hall–Kier alpha value is 0.394. The van der Waals surface area contributed by atoms with Gasteiger partial charge in [0.1, 0.15) is 0 Å². The van der Waals surface area contributed by atoms with Gasteiger partial charge in [-0.15, -0.1) is 0 Å². The van der Waals surface area contributed by atoms with Crippen LogP contribution < -0.4 is 0 Å². The molecule has 0 saturated heterocycles. The van der Waals surface area contributed by atoms with Crippen LogP contribution in [-0.2, 0) is 4.12 Å². The predicted octanol–water partition coefficient (Wildman–Crippen LogP) is 3.24. The minimum atomic E-state index is -1.29. The summed E-state index contributed by atoms with van der Waals surface area (Å²) in [4.78, 5) is 0. The molecule has 0 aromatic rings. The van der Waals surface area contributed by atoms with Crippen molar-refractivity contribution < 1.29 is 4.12 Å². The molecule has 0 radical (unpaired) electrons. The largest absolute Gasteiger partial charge is 0.458 e. The van der Waals surface area contributed by atoms with Gasteiger partial charge in [0.25, 0.3) is 0 Å². The molecule has 0 heterocycles. The van der Waals surface area contributed by atoms with E-state index in [2.05, 4.69) is 40.0 Å². The molecule has 12 heavy (non-hydrogen) atoms. The fourth-order valence-electron chi connectivity index (χ4n) is 1.67. The molecule has 0 amide bonds. The van der Waals surface area contributed by atoms with Crippen molar-refractivity contribution in [2.24, 2.45) is 5.92 Å². The molecule has 74 valence electrons. The first-order chi connectivity index (χ1) is 5.37. The van der Waals surface area contributed by atoms with Crippen LogP contribution in [0.1, 0.15) is 20.3 Å². The lowest BCUT2D eigenvalue weighted by molar-refractivity contribution is 0.525. The van der Waals surface area contributed by atoms with E-state index in [9.17, 15) is 0 Å². The van der Waals surface area contributed by atoms with Gasteiger partial charge in [-0.3, -0.25) is 0 Å². The average molecular weight is 204 g/mol. The summed E-state index contributed by atoms with van der Waals surface area (Å²) in [5, 5.41) is 0. The van der Waals surface area contributed by atoms with Crippen molar-refractivity contribution in [2.45, 2.75) is 52.5 Å². The Labute approximate surface area is 80.4 Å². The highest BCUT2D eigenvalue weighted by Gasteiger charge is 2.25.